The van der Waals surface area contributed by atoms with Gasteiger partial charge in [0.15, 0.2) is 6.29 Å². The van der Waals surface area contributed by atoms with Crippen LogP contribution in [0.4, 0.5) is 5.69 Å². The van der Waals surface area contributed by atoms with Crippen LogP contribution in [-0.4, -0.2) is 11.2 Å². The van der Waals surface area contributed by atoms with Gasteiger partial charge in [-0.05, 0) is 40.2 Å². The predicted molar refractivity (Wildman–Crippen MR) is 72.7 cm³/mol. The summed E-state index contributed by atoms with van der Waals surface area (Å²) in [6.45, 7) is 0. The van der Waals surface area contributed by atoms with Gasteiger partial charge in [0.05, 0.1) is 15.0 Å². The first-order valence-corrected chi connectivity index (χ1v) is 6.07. The monoisotopic (exact) mass is 321 g/mol. The Hall–Kier alpha value is -2.21. The number of nitro groups is 1. The number of aldehydes is 1. The Bertz CT molecular complexity index is 642. The molecule has 0 radical (unpaired) electrons. The first-order chi connectivity index (χ1) is 9.13. The lowest BCUT2D eigenvalue weighted by Crippen LogP contribution is -1.96. The van der Waals surface area contributed by atoms with Gasteiger partial charge in [-0.2, -0.15) is 0 Å². The smallest absolute Gasteiger partial charge is 0.325 e. The normalized spacial score (nSPS) is 9.95. The topological polar surface area (TPSA) is 69.4 Å². The highest BCUT2D eigenvalue weighted by Gasteiger charge is 2.20. The summed E-state index contributed by atoms with van der Waals surface area (Å²) in [6.07, 6.45) is 0.638. The van der Waals surface area contributed by atoms with Crippen molar-refractivity contribution in [2.24, 2.45) is 0 Å². The molecule has 0 aliphatic carbocycles. The fourth-order valence-corrected chi connectivity index (χ4v) is 2.04. The second-order valence-electron chi connectivity index (χ2n) is 3.60. The van der Waals surface area contributed by atoms with Crippen LogP contribution in [0, 0.1) is 10.1 Å². The molecule has 0 aromatic heterocycles. The van der Waals surface area contributed by atoms with Gasteiger partial charge >= 0.3 is 5.69 Å². The number of carbonyl (C=O) groups is 1. The van der Waals surface area contributed by atoms with Crippen molar-refractivity contribution < 1.29 is 14.5 Å². The Morgan fingerprint density at radius 2 is 1.79 bits per heavy atom. The molecule has 2 aromatic carbocycles. The van der Waals surface area contributed by atoms with Gasteiger partial charge in [-0.3, -0.25) is 14.9 Å². The van der Waals surface area contributed by atoms with Crippen molar-refractivity contribution in [3.8, 4) is 11.5 Å². The second kappa shape index (κ2) is 5.62. The van der Waals surface area contributed by atoms with Crippen LogP contribution in [0.2, 0.25) is 0 Å². The van der Waals surface area contributed by atoms with E-state index in [9.17, 15) is 14.9 Å². The standard InChI is InChI=1S/C13H8BrNO4/c14-10-5-3-7-12(13(10)15(17)18)19-11-6-2-1-4-9(11)8-16/h1-8H. The molecule has 19 heavy (non-hydrogen) atoms. The molecule has 96 valence electrons. The maximum atomic E-state index is 11.0. The SMILES string of the molecule is O=Cc1ccccc1Oc1cccc(Br)c1[N+](=O)[O-]. The minimum absolute atomic E-state index is 0.0775. The van der Waals surface area contributed by atoms with Crippen molar-refractivity contribution in [3.63, 3.8) is 0 Å². The summed E-state index contributed by atoms with van der Waals surface area (Å²) in [5.41, 5.74) is 0.153. The molecule has 0 saturated carbocycles. The molecule has 0 aliphatic heterocycles. The summed E-state index contributed by atoms with van der Waals surface area (Å²) in [5.74, 6) is 0.354. The van der Waals surface area contributed by atoms with Crippen molar-refractivity contribution >= 4 is 27.9 Å². The number of nitrogens with zero attached hydrogens (tertiary/aromatic N) is 1. The Labute approximate surface area is 117 Å². The summed E-state index contributed by atoms with van der Waals surface area (Å²) >= 11 is 3.11. The molecule has 0 atom stereocenters. The van der Waals surface area contributed by atoms with Crippen LogP contribution in [0.1, 0.15) is 10.4 Å². The van der Waals surface area contributed by atoms with E-state index in [0.717, 1.165) is 0 Å². The number of nitro benzene ring substituents is 1. The van der Waals surface area contributed by atoms with Gasteiger partial charge in [0.25, 0.3) is 0 Å². The summed E-state index contributed by atoms with van der Waals surface area (Å²) in [4.78, 5) is 21.4. The molecule has 0 spiro atoms. The average molecular weight is 322 g/mol. The van der Waals surface area contributed by atoms with Gasteiger partial charge in [-0.15, -0.1) is 0 Å². The van der Waals surface area contributed by atoms with E-state index in [1.165, 1.54) is 6.07 Å². The Morgan fingerprint density at radius 1 is 1.11 bits per heavy atom. The van der Waals surface area contributed by atoms with Crippen molar-refractivity contribution in [2.45, 2.75) is 0 Å². The maximum absolute atomic E-state index is 11.0. The number of rotatable bonds is 4. The lowest BCUT2D eigenvalue weighted by molar-refractivity contribution is -0.386. The molecule has 2 rings (SSSR count). The van der Waals surface area contributed by atoms with Crippen LogP contribution in [0.3, 0.4) is 0 Å². The van der Waals surface area contributed by atoms with E-state index < -0.39 is 4.92 Å². The molecule has 0 heterocycles. The number of hydrogen-bond acceptors (Lipinski definition) is 4. The van der Waals surface area contributed by atoms with Crippen LogP contribution >= 0.6 is 15.9 Å². The van der Waals surface area contributed by atoms with Crippen LogP contribution in [-0.2, 0) is 0 Å². The minimum Gasteiger partial charge on any atom is -0.449 e. The molecule has 0 bridgehead atoms. The molecule has 0 amide bonds. The Kier molecular flexibility index (Phi) is 3.91. The summed E-state index contributed by atoms with van der Waals surface area (Å²) in [6, 6.07) is 11.2. The molecular weight excluding hydrogens is 314 g/mol. The third-order valence-corrected chi connectivity index (χ3v) is 3.04. The molecule has 0 saturated heterocycles. The fourth-order valence-electron chi connectivity index (χ4n) is 1.54. The van der Waals surface area contributed by atoms with E-state index in [1.54, 1.807) is 36.4 Å². The van der Waals surface area contributed by atoms with Gasteiger partial charge in [-0.1, -0.05) is 18.2 Å². The molecule has 2 aromatic rings. The van der Waals surface area contributed by atoms with Crippen LogP contribution in [0.5, 0.6) is 11.5 Å². The quantitative estimate of drug-likeness (QED) is 0.485. The third kappa shape index (κ3) is 2.79. The summed E-state index contributed by atoms with van der Waals surface area (Å²) in [5, 5.41) is 11.0. The van der Waals surface area contributed by atoms with Crippen molar-refractivity contribution in [1.29, 1.82) is 0 Å². The number of para-hydroxylation sites is 2. The lowest BCUT2D eigenvalue weighted by Gasteiger charge is -2.08. The van der Waals surface area contributed by atoms with Gasteiger partial charge in [0.2, 0.25) is 5.75 Å². The minimum atomic E-state index is -0.539. The average Bonchev–Trinajstić information content (AvgIpc) is 2.39. The highest BCUT2D eigenvalue weighted by molar-refractivity contribution is 9.10. The van der Waals surface area contributed by atoms with E-state index >= 15 is 0 Å². The zero-order valence-electron chi connectivity index (χ0n) is 9.58. The molecule has 5 nitrogen and oxygen atoms in total. The molecule has 0 N–H and O–H groups in total. The highest BCUT2D eigenvalue weighted by atomic mass is 79.9. The van der Waals surface area contributed by atoms with Crippen molar-refractivity contribution in [1.82, 2.24) is 0 Å². The van der Waals surface area contributed by atoms with E-state index in [1.807, 2.05) is 0 Å². The van der Waals surface area contributed by atoms with E-state index in [0.29, 0.717) is 16.3 Å². The molecule has 6 heteroatoms. The van der Waals surface area contributed by atoms with Gasteiger partial charge in [0, 0.05) is 0 Å². The van der Waals surface area contributed by atoms with Crippen molar-refractivity contribution in [3.05, 3.63) is 62.6 Å². The predicted octanol–water partition coefficient (Wildman–Crippen LogP) is 3.96. The van der Waals surface area contributed by atoms with Gasteiger partial charge < -0.3 is 4.74 Å². The molecular formula is C13H8BrNO4. The van der Waals surface area contributed by atoms with Crippen molar-refractivity contribution in [2.75, 3.05) is 0 Å². The molecule has 0 fully saturated rings. The largest absolute Gasteiger partial charge is 0.449 e. The Morgan fingerprint density at radius 3 is 2.47 bits per heavy atom. The number of carbonyl (C=O) groups excluding carboxylic acids is 1. The van der Waals surface area contributed by atoms with E-state index in [2.05, 4.69) is 15.9 Å². The zero-order chi connectivity index (χ0) is 13.8. The zero-order valence-corrected chi connectivity index (χ0v) is 11.2. The van der Waals surface area contributed by atoms with Gasteiger partial charge in [-0.25, -0.2) is 0 Å². The van der Waals surface area contributed by atoms with E-state index in [-0.39, 0.29) is 17.2 Å². The summed E-state index contributed by atoms with van der Waals surface area (Å²) in [7, 11) is 0. The number of benzene rings is 2. The first kappa shape index (κ1) is 13.2. The number of halogens is 1. The van der Waals surface area contributed by atoms with Crippen LogP contribution < -0.4 is 4.74 Å². The van der Waals surface area contributed by atoms with Gasteiger partial charge in [0.1, 0.15) is 5.75 Å². The second-order valence-corrected chi connectivity index (χ2v) is 4.46. The fraction of sp³-hybridized carbons (Fsp3) is 0. The maximum Gasteiger partial charge on any atom is 0.325 e. The Balaban J connectivity index is 2.47. The highest BCUT2D eigenvalue weighted by Crippen LogP contribution is 2.37. The number of ether oxygens (including phenoxy) is 1. The molecule has 0 aliphatic rings. The van der Waals surface area contributed by atoms with E-state index in [4.69, 9.17) is 4.74 Å². The first-order valence-electron chi connectivity index (χ1n) is 5.28. The third-order valence-electron chi connectivity index (χ3n) is 2.40. The molecule has 0 unspecified atom stereocenters. The summed E-state index contributed by atoms with van der Waals surface area (Å²) < 4.78 is 5.79. The van der Waals surface area contributed by atoms with Crippen LogP contribution in [0.15, 0.2) is 46.9 Å². The number of hydrogen-bond donors (Lipinski definition) is 0. The van der Waals surface area contributed by atoms with Crippen LogP contribution in [0.25, 0.3) is 0 Å². The lowest BCUT2D eigenvalue weighted by atomic mass is 10.2.